The molecular formula is C22H30N3O3S+. The van der Waals surface area contributed by atoms with Crippen LogP contribution >= 0.6 is 0 Å². The van der Waals surface area contributed by atoms with Crippen molar-refractivity contribution in [2.24, 2.45) is 0 Å². The van der Waals surface area contributed by atoms with Crippen molar-refractivity contribution in [2.45, 2.75) is 32.2 Å². The molecule has 0 saturated carbocycles. The van der Waals surface area contributed by atoms with Crippen LogP contribution in [0.4, 0.5) is 0 Å². The van der Waals surface area contributed by atoms with E-state index >= 15 is 0 Å². The lowest BCUT2D eigenvalue weighted by atomic mass is 10.1. The molecule has 2 heterocycles. The first-order valence-electron chi connectivity index (χ1n) is 9.95. The molecule has 0 atom stereocenters. The van der Waals surface area contributed by atoms with Gasteiger partial charge in [-0.05, 0) is 39.0 Å². The second-order valence-corrected chi connectivity index (χ2v) is 9.69. The van der Waals surface area contributed by atoms with E-state index in [1.807, 2.05) is 45.0 Å². The third-order valence-corrected chi connectivity index (χ3v) is 7.60. The monoisotopic (exact) mass is 416 g/mol. The molecule has 0 radical (unpaired) electrons. The van der Waals surface area contributed by atoms with Gasteiger partial charge in [0.25, 0.3) is 0 Å². The van der Waals surface area contributed by atoms with E-state index in [2.05, 4.69) is 11.1 Å². The van der Waals surface area contributed by atoms with Crippen LogP contribution in [-0.2, 0) is 16.6 Å². The number of carbonyl (C=O) groups excluding carboxylic acids is 1. The molecule has 156 valence electrons. The number of quaternary nitrogens is 1. The molecule has 2 aromatic rings. The number of Topliss-reactive ketones (excluding diaryl/α,β-unsaturated/α-hetero) is 1. The van der Waals surface area contributed by atoms with Crippen molar-refractivity contribution in [3.8, 4) is 0 Å². The minimum absolute atomic E-state index is 0.109. The average Bonchev–Trinajstić information content (AvgIpc) is 2.97. The molecule has 1 aromatic heterocycles. The number of rotatable bonds is 7. The fourth-order valence-electron chi connectivity index (χ4n) is 3.89. The highest BCUT2D eigenvalue weighted by atomic mass is 32.2. The van der Waals surface area contributed by atoms with E-state index < -0.39 is 10.0 Å². The molecule has 6 nitrogen and oxygen atoms in total. The number of carbonyl (C=O) groups is 1. The predicted molar refractivity (Wildman–Crippen MR) is 114 cm³/mol. The van der Waals surface area contributed by atoms with Crippen LogP contribution in [0.15, 0.2) is 47.9 Å². The van der Waals surface area contributed by atoms with Crippen molar-refractivity contribution in [1.29, 1.82) is 0 Å². The Morgan fingerprint density at radius 3 is 2.34 bits per heavy atom. The number of nitrogens with zero attached hydrogens (tertiary/aromatic N) is 2. The summed E-state index contributed by atoms with van der Waals surface area (Å²) in [4.78, 5) is 14.3. The Morgan fingerprint density at radius 1 is 1.14 bits per heavy atom. The fourth-order valence-corrected chi connectivity index (χ4v) is 5.34. The highest BCUT2D eigenvalue weighted by Crippen LogP contribution is 2.17. The predicted octanol–water partition coefficient (Wildman–Crippen LogP) is 1.37. The van der Waals surface area contributed by atoms with E-state index in [0.717, 1.165) is 27.4 Å². The van der Waals surface area contributed by atoms with Gasteiger partial charge in [-0.25, -0.2) is 8.42 Å². The molecule has 1 N–H and O–H groups in total. The Labute approximate surface area is 173 Å². The van der Waals surface area contributed by atoms with Crippen LogP contribution < -0.4 is 4.90 Å². The third kappa shape index (κ3) is 4.52. The fraction of sp³-hybridized carbons (Fsp3) is 0.409. The molecule has 29 heavy (non-hydrogen) atoms. The van der Waals surface area contributed by atoms with Crippen LogP contribution in [0.25, 0.3) is 0 Å². The largest absolute Gasteiger partial charge is 0.345 e. The van der Waals surface area contributed by atoms with Gasteiger partial charge in [-0.1, -0.05) is 23.8 Å². The summed E-state index contributed by atoms with van der Waals surface area (Å²) >= 11 is 0. The van der Waals surface area contributed by atoms with Gasteiger partial charge in [0.05, 0.1) is 31.1 Å². The summed E-state index contributed by atoms with van der Waals surface area (Å²) in [5, 5.41) is 0. The van der Waals surface area contributed by atoms with Crippen molar-refractivity contribution in [3.05, 3.63) is 65.5 Å². The molecular weight excluding hydrogens is 386 g/mol. The number of sulfonamides is 1. The van der Waals surface area contributed by atoms with Crippen molar-refractivity contribution in [2.75, 3.05) is 32.7 Å². The highest BCUT2D eigenvalue weighted by molar-refractivity contribution is 7.89. The van der Waals surface area contributed by atoms with E-state index in [4.69, 9.17) is 0 Å². The Balaban J connectivity index is 1.63. The van der Waals surface area contributed by atoms with Gasteiger partial charge in [-0.3, -0.25) is 4.79 Å². The Morgan fingerprint density at radius 2 is 1.76 bits per heavy atom. The molecule has 1 aromatic carbocycles. The molecule has 1 aliphatic heterocycles. The van der Waals surface area contributed by atoms with E-state index in [0.29, 0.717) is 44.2 Å². The van der Waals surface area contributed by atoms with Crippen LogP contribution in [0.2, 0.25) is 0 Å². The summed E-state index contributed by atoms with van der Waals surface area (Å²) < 4.78 is 29.3. The number of hydrogen-bond donors (Lipinski definition) is 1. The molecule has 1 fully saturated rings. The minimum atomic E-state index is -3.48. The quantitative estimate of drug-likeness (QED) is 0.548. The van der Waals surface area contributed by atoms with Gasteiger partial charge in [0.1, 0.15) is 6.54 Å². The number of hydrogen-bond acceptors (Lipinski definition) is 3. The SMILES string of the molecule is C=CCn1c(C)cc(C(=O)C[NH+]2CCN(S(=O)(=O)c3ccc(C)cc3)CC2)c1C. The van der Waals surface area contributed by atoms with Gasteiger partial charge < -0.3 is 9.47 Å². The smallest absolute Gasteiger partial charge is 0.243 e. The number of allylic oxidation sites excluding steroid dienone is 1. The lowest BCUT2D eigenvalue weighted by Crippen LogP contribution is -3.15. The zero-order valence-corrected chi connectivity index (χ0v) is 18.3. The maximum atomic E-state index is 12.8. The van der Waals surface area contributed by atoms with Crippen LogP contribution in [0.1, 0.15) is 27.3 Å². The first-order valence-corrected chi connectivity index (χ1v) is 11.4. The van der Waals surface area contributed by atoms with Gasteiger partial charge >= 0.3 is 0 Å². The van der Waals surface area contributed by atoms with E-state index in [9.17, 15) is 13.2 Å². The second kappa shape index (κ2) is 8.65. The van der Waals surface area contributed by atoms with Gasteiger partial charge in [0, 0.05) is 23.5 Å². The maximum absolute atomic E-state index is 12.8. The van der Waals surface area contributed by atoms with Crippen molar-refractivity contribution >= 4 is 15.8 Å². The molecule has 1 saturated heterocycles. The van der Waals surface area contributed by atoms with E-state index in [1.54, 1.807) is 12.1 Å². The summed E-state index contributed by atoms with van der Waals surface area (Å²) in [5.41, 5.74) is 3.80. The van der Waals surface area contributed by atoms with Gasteiger partial charge in [-0.15, -0.1) is 6.58 Å². The summed E-state index contributed by atoms with van der Waals surface area (Å²) in [6.45, 7) is 12.8. The number of benzene rings is 1. The van der Waals surface area contributed by atoms with Crippen molar-refractivity contribution in [1.82, 2.24) is 8.87 Å². The lowest BCUT2D eigenvalue weighted by molar-refractivity contribution is -0.895. The summed E-state index contributed by atoms with van der Waals surface area (Å²) in [5.74, 6) is 0.109. The molecule has 0 bridgehead atoms. The lowest BCUT2D eigenvalue weighted by Gasteiger charge is -2.31. The van der Waals surface area contributed by atoms with Crippen molar-refractivity contribution < 1.29 is 18.1 Å². The van der Waals surface area contributed by atoms with Gasteiger partial charge in [0.2, 0.25) is 15.8 Å². The zero-order chi connectivity index (χ0) is 21.2. The topological polar surface area (TPSA) is 63.8 Å². The number of aromatic nitrogens is 1. The third-order valence-electron chi connectivity index (χ3n) is 5.68. The highest BCUT2D eigenvalue weighted by Gasteiger charge is 2.31. The standard InChI is InChI=1S/C22H29N3O3S/c1-5-10-25-18(3)15-21(19(25)4)22(26)16-23-11-13-24(14-12-23)29(27,28)20-8-6-17(2)7-9-20/h5-9,15H,1,10-14,16H2,2-4H3/p+1. The molecule has 7 heteroatoms. The molecule has 0 spiro atoms. The summed E-state index contributed by atoms with van der Waals surface area (Å²) in [6.07, 6.45) is 1.83. The molecule has 0 aliphatic carbocycles. The Kier molecular flexibility index (Phi) is 6.41. The molecule has 1 aliphatic rings. The maximum Gasteiger partial charge on any atom is 0.243 e. The van der Waals surface area contributed by atoms with E-state index in [-0.39, 0.29) is 5.78 Å². The Hall–Kier alpha value is -2.22. The van der Waals surface area contributed by atoms with Crippen LogP contribution in [0.5, 0.6) is 0 Å². The minimum Gasteiger partial charge on any atom is -0.345 e. The van der Waals surface area contributed by atoms with E-state index in [1.165, 1.54) is 4.31 Å². The molecule has 3 rings (SSSR count). The van der Waals surface area contributed by atoms with Gasteiger partial charge in [-0.2, -0.15) is 4.31 Å². The number of ketones is 1. The first kappa shape index (κ1) is 21.5. The Bertz CT molecular complexity index is 999. The summed E-state index contributed by atoms with van der Waals surface area (Å²) in [7, 11) is -3.48. The van der Waals surface area contributed by atoms with Crippen LogP contribution in [-0.4, -0.2) is 55.8 Å². The zero-order valence-electron chi connectivity index (χ0n) is 17.4. The second-order valence-electron chi connectivity index (χ2n) is 7.75. The first-order chi connectivity index (χ1) is 13.7. The van der Waals surface area contributed by atoms with Crippen LogP contribution in [0.3, 0.4) is 0 Å². The summed E-state index contributed by atoms with van der Waals surface area (Å²) in [6, 6.07) is 8.89. The molecule has 0 unspecified atom stereocenters. The number of piperazine rings is 1. The van der Waals surface area contributed by atoms with Crippen molar-refractivity contribution in [3.63, 3.8) is 0 Å². The normalized spacial score (nSPS) is 16.1. The average molecular weight is 417 g/mol. The number of aryl methyl sites for hydroxylation is 2. The van der Waals surface area contributed by atoms with Crippen LogP contribution in [0, 0.1) is 20.8 Å². The number of nitrogens with one attached hydrogen (secondary N) is 1. The van der Waals surface area contributed by atoms with Gasteiger partial charge in [0.15, 0.2) is 0 Å². The molecule has 0 amide bonds.